The van der Waals surface area contributed by atoms with Gasteiger partial charge in [-0.05, 0) is 154 Å². The van der Waals surface area contributed by atoms with Gasteiger partial charge in [-0.2, -0.15) is 5.26 Å². The van der Waals surface area contributed by atoms with Gasteiger partial charge in [0, 0.05) is 122 Å². The molecule has 6 fully saturated rings. The van der Waals surface area contributed by atoms with Crippen molar-refractivity contribution in [1.82, 2.24) is 70.4 Å². The van der Waals surface area contributed by atoms with Crippen molar-refractivity contribution in [3.8, 4) is 27.1 Å². The first-order valence-corrected chi connectivity index (χ1v) is 53.1. The number of amides is 11. The number of hydrogen-bond acceptors (Lipinski definition) is 21. The molecule has 9 heterocycles. The molecule has 7 aliphatic heterocycles. The third kappa shape index (κ3) is 25.3. The fourth-order valence-corrected chi connectivity index (χ4v) is 23.4. The van der Waals surface area contributed by atoms with Gasteiger partial charge in [-0.15, -0.1) is 22.7 Å². The number of nitriles is 1. The number of nitrogens with zero attached hydrogens (tertiary/aromatic N) is 12. The fraction of sp³-hybridized carbons (Fsp3) is 0.465. The number of rotatable bonds is 27. The Morgan fingerprint density at radius 3 is 1.08 bits per heavy atom. The summed E-state index contributed by atoms with van der Waals surface area (Å²) in [6.07, 6.45) is 8.55. The van der Waals surface area contributed by atoms with Crippen molar-refractivity contribution in [1.29, 1.82) is 5.26 Å². The lowest BCUT2D eigenvalue weighted by Crippen LogP contribution is -2.57. The molecule has 2 aliphatic carbocycles. The normalized spacial score (nSPS) is 20.9. The van der Waals surface area contributed by atoms with E-state index in [2.05, 4.69) is 72.6 Å². The molecule has 776 valence electrons. The maximum atomic E-state index is 14.0. The summed E-state index contributed by atoms with van der Waals surface area (Å²) in [6, 6.07) is 49.2. The quantitative estimate of drug-likeness (QED) is 0.0103. The summed E-state index contributed by atoms with van der Waals surface area (Å²) in [5.41, 5.74) is 18.4. The number of hydrogen-bond donors (Lipinski definition) is 8. The highest BCUT2D eigenvalue weighted by Gasteiger charge is 2.52. The third-order valence-electron chi connectivity index (χ3n) is 29.6. The number of benzene rings is 7. The minimum atomic E-state index is -0.787. The van der Waals surface area contributed by atoms with E-state index in [1.165, 1.54) is 82.6 Å². The Morgan fingerprint density at radius 2 is 0.769 bits per heavy atom. The second-order valence-corrected chi connectivity index (χ2v) is 44.1. The molecule has 8 N–H and O–H groups in total. The fourth-order valence-electron chi connectivity index (χ4n) is 21.8. The van der Waals surface area contributed by atoms with Crippen LogP contribution in [0.25, 0.3) is 20.9 Å². The Bertz CT molecular complexity index is 6320. The number of nitrogens with one attached hydrogen (secondary N) is 4. The summed E-state index contributed by atoms with van der Waals surface area (Å²) in [6.45, 7) is 25.3. The molecular weight excluding hydrogens is 1900 g/mol. The molecular formula is C114H138N16O15S2. The molecule has 0 bridgehead atoms. The Balaban J connectivity index is 0.000000147. The number of β-amino-alcohol motifs (C(OH)–C–C–N with tert-alkyl or cyclic N) is 4. The number of likely N-dealkylation sites (tertiary alicyclic amines) is 4. The van der Waals surface area contributed by atoms with Crippen LogP contribution in [0.15, 0.2) is 186 Å². The second kappa shape index (κ2) is 47.7. The number of carbonyl (C=O) groups excluding carboxylic acids is 11. The van der Waals surface area contributed by atoms with Crippen LogP contribution in [-0.2, 0) is 84.2 Å². The molecule has 4 saturated heterocycles. The number of aliphatic hydroxyl groups excluding tert-OH is 4. The standard InChI is InChI=1S/C31H39N3O4.C30H32N6O3S.C28H33N3O4.C25H34N4O4S/c1-20(2)28(34-18-24-10-6-7-11-26(24)30(34)37)31(38)33-19-25(35)16-27(33)29(36)32-17-21-12-14-23(15-13-21)22-8-4-3-5-9-22;1-18(2)26(36-14-22-6-4-5-7-24(22)29(36)38)30(39)35-15-23(37)12-25(35)28(33-16-31)32-13-20-8-10-21(11-9-20)27-19(3)34-17-40-27;1-17(2)25(31-15-21-5-3-4-6-23(21)27(31)34)28(35)30-16-22(32)13-24(30)26(33)29-14-18-7-9-19(10-8-18)20-11-12-20;1-15-21(34-14-27-15)18-9-7-17(8-10-18)12-26-23(32)20-11-19(31)13-29(20)24(33)22(25(3,4)5)28(6)16(2)30/h6-7,10-15,20,22,25,27-28,35H,3-5,8-9,16-19H2,1-2H3,(H,32,36);4-11,17-18,23,25-26,37H,12-15H2,1-3H3,(H,32,33);3-10,17,20,22,24-25,32H,11-16H2,1-2H3,(H,29,33);7-10,14,19-20,22,31H,11-13H2,1-6H3,(H,26,32)/t25-,27+,28+;23-,25+,26+;22-,24+,25+;19-,20+,22-/m1111/s1. The van der Waals surface area contributed by atoms with E-state index in [4.69, 9.17) is 0 Å². The van der Waals surface area contributed by atoms with Gasteiger partial charge in [-0.3, -0.25) is 63.0 Å². The highest BCUT2D eigenvalue weighted by Crippen LogP contribution is 2.42. The van der Waals surface area contributed by atoms with Gasteiger partial charge in [0.1, 0.15) is 48.1 Å². The molecule has 31 nitrogen and oxygen atoms in total. The van der Waals surface area contributed by atoms with E-state index in [0.29, 0.717) is 80.2 Å². The van der Waals surface area contributed by atoms with Crippen LogP contribution in [0.4, 0.5) is 0 Å². The Hall–Kier alpha value is -13.2. The van der Waals surface area contributed by atoms with Crippen LogP contribution in [0.2, 0.25) is 0 Å². The van der Waals surface area contributed by atoms with Gasteiger partial charge in [0.15, 0.2) is 6.19 Å². The van der Waals surface area contributed by atoms with Crippen molar-refractivity contribution in [2.24, 2.45) is 28.2 Å². The molecule has 0 spiro atoms. The first-order chi connectivity index (χ1) is 70.3. The summed E-state index contributed by atoms with van der Waals surface area (Å²) in [7, 11) is 1.59. The van der Waals surface area contributed by atoms with Crippen molar-refractivity contribution in [3.63, 3.8) is 0 Å². The lowest BCUT2D eigenvalue weighted by atomic mass is 9.84. The molecule has 2 aromatic heterocycles. The van der Waals surface area contributed by atoms with Gasteiger partial charge in [0.05, 0.1) is 69.2 Å². The van der Waals surface area contributed by atoms with Crippen molar-refractivity contribution in [2.75, 3.05) is 33.2 Å². The van der Waals surface area contributed by atoms with Crippen LogP contribution >= 0.6 is 22.7 Å². The van der Waals surface area contributed by atoms with Crippen molar-refractivity contribution >= 4 is 93.5 Å². The molecule has 9 aromatic rings. The number of thiazole rings is 2. The lowest BCUT2D eigenvalue weighted by molar-refractivity contribution is -0.150. The number of amidine groups is 1. The summed E-state index contributed by atoms with van der Waals surface area (Å²) in [5, 5.41) is 62.7. The van der Waals surface area contributed by atoms with Crippen LogP contribution in [0.5, 0.6) is 0 Å². The predicted molar refractivity (Wildman–Crippen MR) is 562 cm³/mol. The van der Waals surface area contributed by atoms with Gasteiger partial charge >= 0.3 is 0 Å². The lowest BCUT2D eigenvalue weighted by Gasteiger charge is -2.39. The van der Waals surface area contributed by atoms with Crippen LogP contribution in [0.3, 0.4) is 0 Å². The summed E-state index contributed by atoms with van der Waals surface area (Å²) >= 11 is 3.18. The molecule has 9 aliphatic rings. The van der Waals surface area contributed by atoms with Crippen molar-refractivity contribution in [2.45, 2.75) is 284 Å². The number of aliphatic hydroxyl groups is 4. The van der Waals surface area contributed by atoms with Crippen LogP contribution in [0, 0.1) is 48.5 Å². The number of aryl methyl sites for hydroxylation is 2. The second-order valence-electron chi connectivity index (χ2n) is 42.4. The van der Waals surface area contributed by atoms with Gasteiger partial charge in [-0.1, -0.05) is 233 Å². The molecule has 0 unspecified atom stereocenters. The number of carbonyl (C=O) groups is 11. The molecule has 18 rings (SSSR count). The highest BCUT2D eigenvalue weighted by molar-refractivity contribution is 7.13. The van der Waals surface area contributed by atoms with E-state index in [9.17, 15) is 78.4 Å². The summed E-state index contributed by atoms with van der Waals surface area (Å²) in [4.78, 5) is 174. The van der Waals surface area contributed by atoms with E-state index in [1.54, 1.807) is 67.5 Å². The van der Waals surface area contributed by atoms with Gasteiger partial charge in [0.25, 0.3) is 17.7 Å². The van der Waals surface area contributed by atoms with Gasteiger partial charge in [0.2, 0.25) is 47.3 Å². The largest absolute Gasteiger partial charge is 0.391 e. The molecule has 33 heteroatoms. The maximum absolute atomic E-state index is 14.0. The number of aromatic nitrogens is 2. The molecule has 12 atom stereocenters. The summed E-state index contributed by atoms with van der Waals surface area (Å²) in [5.74, 6) is -1.55. The zero-order chi connectivity index (χ0) is 105. The zero-order valence-electron chi connectivity index (χ0n) is 86.2. The molecule has 0 radical (unpaired) electrons. The number of fused-ring (bicyclic) bond motifs is 3. The van der Waals surface area contributed by atoms with E-state index >= 15 is 0 Å². The minimum Gasteiger partial charge on any atom is -0.391 e. The van der Waals surface area contributed by atoms with E-state index < -0.39 is 78.2 Å². The average molecular weight is 2040 g/mol. The number of likely N-dealkylation sites (N-methyl/N-ethyl adjacent to an activating group) is 1. The maximum Gasteiger partial charge on any atom is 0.255 e. The van der Waals surface area contributed by atoms with Crippen LogP contribution < -0.4 is 21.3 Å². The Morgan fingerprint density at radius 1 is 0.449 bits per heavy atom. The predicted octanol–water partition coefficient (Wildman–Crippen LogP) is 13.1. The third-order valence-corrected chi connectivity index (χ3v) is 31.6. The average Bonchev–Trinajstić information content (AvgIpc) is 1.62. The van der Waals surface area contributed by atoms with Crippen molar-refractivity contribution < 1.29 is 73.2 Å². The van der Waals surface area contributed by atoms with E-state index in [0.717, 1.165) is 71.2 Å². The molecule has 11 amide bonds. The minimum absolute atomic E-state index is 0.0676. The Kier molecular flexibility index (Phi) is 35.1. The zero-order valence-corrected chi connectivity index (χ0v) is 87.8. The monoisotopic (exact) mass is 2030 g/mol. The topological polar surface area (TPSA) is 405 Å². The SMILES string of the molecule is CC(=O)N(C)[C@H](C(=O)N1C[C@H](O)C[C@H]1C(=O)NCc1ccc(-c2scnc2C)cc1)C(C)(C)C.CC(C)[C@@H](C(=O)N1C[C@H](O)C[C@H]1C(=O)NCc1ccc(C2CC2)cc1)N1Cc2ccccc2C1=O.CC(C)[C@@H](C(=O)N1C[C@H](O)C[C@H]1C(=O)NCc1ccc(C2CCCCC2)cc1)N1Cc2ccccc2C1=O.Cc1ncsc1-c1ccc(CN=C(NC#N)[C@@H]2C[C@@H](O)CN2C(=O)[C@H](C(C)C)N2Cc3ccccc3C2=O)cc1. The molecule has 2 saturated carbocycles. The van der Waals surface area contributed by atoms with E-state index in [1.807, 2.05) is 209 Å². The van der Waals surface area contributed by atoms with Gasteiger partial charge < -0.3 is 75.6 Å². The molecule has 147 heavy (non-hydrogen) atoms. The molecule has 7 aromatic carbocycles. The van der Waals surface area contributed by atoms with E-state index in [-0.39, 0.29) is 135 Å². The smallest absolute Gasteiger partial charge is 0.255 e. The highest BCUT2D eigenvalue weighted by atomic mass is 32.1. The van der Waals surface area contributed by atoms with Gasteiger partial charge in [-0.25, -0.2) is 9.97 Å². The number of aliphatic imine (C=N–C) groups is 1. The summed E-state index contributed by atoms with van der Waals surface area (Å²) < 4.78 is 0. The van der Waals surface area contributed by atoms with Crippen LogP contribution in [0.1, 0.15) is 244 Å². The first-order valence-electron chi connectivity index (χ1n) is 51.4. The Labute approximate surface area is 868 Å². The first kappa shape index (κ1) is 108. The van der Waals surface area contributed by atoms with Crippen LogP contribution in [-0.4, -0.2) is 246 Å². The van der Waals surface area contributed by atoms with Crippen molar-refractivity contribution in [3.05, 3.63) is 259 Å².